The number of hydrogen-bond acceptors (Lipinski definition) is 4. The van der Waals surface area contributed by atoms with Crippen molar-refractivity contribution in [2.75, 3.05) is 12.4 Å². The molecular weight excluding hydrogens is 240 g/mol. The van der Waals surface area contributed by atoms with Crippen LogP contribution in [0.5, 0.6) is 0 Å². The van der Waals surface area contributed by atoms with Crippen LogP contribution < -0.4 is 11.1 Å². The Bertz CT molecular complexity index is 593. The predicted octanol–water partition coefficient (Wildman–Crippen LogP) is 1.00. The molecule has 0 unspecified atom stereocenters. The molecule has 6 nitrogen and oxygen atoms in total. The van der Waals surface area contributed by atoms with E-state index in [-0.39, 0.29) is 10.8 Å². The first-order chi connectivity index (χ1) is 8.11. The number of benzene rings is 1. The van der Waals surface area contributed by atoms with Crippen molar-refractivity contribution in [2.24, 2.45) is 5.73 Å². The summed E-state index contributed by atoms with van der Waals surface area (Å²) in [5.41, 5.74) is 7.03. The van der Waals surface area contributed by atoms with E-state index in [9.17, 15) is 4.79 Å². The summed E-state index contributed by atoms with van der Waals surface area (Å²) in [6.07, 6.45) is 0. The minimum atomic E-state index is -0.497. The van der Waals surface area contributed by atoms with Crippen molar-refractivity contribution >= 4 is 39.9 Å². The Kier molecular flexibility index (Phi) is 2.92. The van der Waals surface area contributed by atoms with Crippen LogP contribution in [0.1, 0.15) is 10.5 Å². The first kappa shape index (κ1) is 11.3. The Morgan fingerprint density at radius 3 is 3.00 bits per heavy atom. The fraction of sp³-hybridized carbons (Fsp3) is 0.100. The zero-order valence-corrected chi connectivity index (χ0v) is 9.80. The number of carbonyl (C=O) groups excluding carboxylic acids is 1. The van der Waals surface area contributed by atoms with Gasteiger partial charge in [-0.15, -0.1) is 0 Å². The van der Waals surface area contributed by atoms with Gasteiger partial charge in [-0.25, -0.2) is 4.79 Å². The summed E-state index contributed by atoms with van der Waals surface area (Å²) in [6.45, 7) is 0. The first-order valence-corrected chi connectivity index (χ1v) is 5.15. The van der Waals surface area contributed by atoms with Crippen LogP contribution in [-0.4, -0.2) is 28.4 Å². The molecule has 4 N–H and O–H groups in total. The largest absolute Gasteiger partial charge is 0.464 e. The molecule has 0 radical (unpaired) electrons. The van der Waals surface area contributed by atoms with Crippen LogP contribution in [0.2, 0.25) is 0 Å². The van der Waals surface area contributed by atoms with Crippen molar-refractivity contribution in [3.05, 3.63) is 23.9 Å². The number of rotatable bonds is 2. The lowest BCUT2D eigenvalue weighted by atomic mass is 10.2. The van der Waals surface area contributed by atoms with Gasteiger partial charge in [-0.3, -0.25) is 5.10 Å². The lowest BCUT2D eigenvalue weighted by molar-refractivity contribution is 0.0596. The van der Waals surface area contributed by atoms with E-state index >= 15 is 0 Å². The van der Waals surface area contributed by atoms with Crippen LogP contribution in [-0.2, 0) is 4.74 Å². The highest BCUT2D eigenvalue weighted by molar-refractivity contribution is 7.80. The standard InChI is InChI=1S/C10H10N4O2S/c1-16-9(15)8-6-4-5(12-10(11)17)2-3-7(6)13-14-8/h2-4H,1H3,(H,13,14)(H3,11,12,17). The molecule has 0 amide bonds. The first-order valence-electron chi connectivity index (χ1n) is 4.74. The maximum atomic E-state index is 11.4. The van der Waals surface area contributed by atoms with Gasteiger partial charge in [0.2, 0.25) is 0 Å². The molecule has 0 aliphatic rings. The number of ether oxygens (including phenoxy) is 1. The van der Waals surface area contributed by atoms with Gasteiger partial charge in [0.25, 0.3) is 0 Å². The summed E-state index contributed by atoms with van der Waals surface area (Å²) < 4.78 is 4.63. The number of anilines is 1. The summed E-state index contributed by atoms with van der Waals surface area (Å²) in [6, 6.07) is 5.28. The summed E-state index contributed by atoms with van der Waals surface area (Å²) >= 11 is 4.74. The molecule has 0 fully saturated rings. The third kappa shape index (κ3) is 2.18. The van der Waals surface area contributed by atoms with Crippen molar-refractivity contribution < 1.29 is 9.53 Å². The van der Waals surface area contributed by atoms with Crippen LogP contribution in [0.3, 0.4) is 0 Å². The molecule has 0 atom stereocenters. The number of thiocarbonyl (C=S) groups is 1. The minimum Gasteiger partial charge on any atom is -0.464 e. The number of esters is 1. The van der Waals surface area contributed by atoms with E-state index in [1.54, 1.807) is 18.2 Å². The summed E-state index contributed by atoms with van der Waals surface area (Å²) in [7, 11) is 1.31. The van der Waals surface area contributed by atoms with Crippen LogP contribution in [0.4, 0.5) is 5.69 Å². The average Bonchev–Trinajstić information content (AvgIpc) is 2.70. The Balaban J connectivity index is 2.50. The molecule has 88 valence electrons. The van der Waals surface area contributed by atoms with Crippen molar-refractivity contribution in [3.63, 3.8) is 0 Å². The fourth-order valence-electron chi connectivity index (χ4n) is 1.49. The zero-order valence-electron chi connectivity index (χ0n) is 8.98. The smallest absolute Gasteiger partial charge is 0.359 e. The molecule has 7 heteroatoms. The van der Waals surface area contributed by atoms with Crippen LogP contribution in [0.15, 0.2) is 18.2 Å². The Morgan fingerprint density at radius 1 is 1.59 bits per heavy atom. The van der Waals surface area contributed by atoms with Crippen LogP contribution in [0.25, 0.3) is 10.9 Å². The zero-order chi connectivity index (χ0) is 12.4. The highest BCUT2D eigenvalue weighted by Gasteiger charge is 2.14. The van der Waals surface area contributed by atoms with Gasteiger partial charge in [-0.1, -0.05) is 0 Å². The van der Waals surface area contributed by atoms with E-state index in [1.165, 1.54) is 7.11 Å². The number of methoxy groups -OCH3 is 1. The predicted molar refractivity (Wildman–Crippen MR) is 67.8 cm³/mol. The maximum Gasteiger partial charge on any atom is 0.359 e. The van der Waals surface area contributed by atoms with Gasteiger partial charge in [0.15, 0.2) is 10.8 Å². The number of H-pyrrole nitrogens is 1. The van der Waals surface area contributed by atoms with Gasteiger partial charge in [0.05, 0.1) is 12.6 Å². The second kappa shape index (κ2) is 4.38. The van der Waals surface area contributed by atoms with Crippen LogP contribution >= 0.6 is 12.2 Å². The molecule has 0 saturated heterocycles. The van der Waals surface area contributed by atoms with E-state index in [4.69, 9.17) is 18.0 Å². The maximum absolute atomic E-state index is 11.4. The molecular formula is C10H10N4O2S. The lowest BCUT2D eigenvalue weighted by Crippen LogP contribution is -2.18. The Hall–Kier alpha value is -2.15. The van der Waals surface area contributed by atoms with E-state index in [0.29, 0.717) is 11.1 Å². The monoisotopic (exact) mass is 250 g/mol. The molecule has 1 aromatic carbocycles. The van der Waals surface area contributed by atoms with Gasteiger partial charge in [0, 0.05) is 11.1 Å². The SMILES string of the molecule is COC(=O)c1n[nH]c2ccc(NC(N)=S)cc12. The van der Waals surface area contributed by atoms with Gasteiger partial charge in [0.1, 0.15) is 0 Å². The number of carbonyl (C=O) groups is 1. The van der Waals surface area contributed by atoms with Gasteiger partial charge >= 0.3 is 5.97 Å². The van der Waals surface area contributed by atoms with Crippen molar-refractivity contribution in [2.45, 2.75) is 0 Å². The number of hydrogen-bond donors (Lipinski definition) is 3. The summed E-state index contributed by atoms with van der Waals surface area (Å²) in [5.74, 6) is -0.497. The molecule has 0 aliphatic heterocycles. The quantitative estimate of drug-likeness (QED) is 0.544. The third-order valence-corrected chi connectivity index (χ3v) is 2.31. The van der Waals surface area contributed by atoms with Crippen LogP contribution in [0, 0.1) is 0 Å². The number of nitrogens with one attached hydrogen (secondary N) is 2. The fourth-order valence-corrected chi connectivity index (χ4v) is 1.60. The van der Waals surface area contributed by atoms with Gasteiger partial charge in [-0.05, 0) is 30.4 Å². The normalized spacial score (nSPS) is 10.2. The molecule has 1 heterocycles. The highest BCUT2D eigenvalue weighted by Crippen LogP contribution is 2.21. The van der Waals surface area contributed by atoms with Crippen molar-refractivity contribution in [1.82, 2.24) is 10.2 Å². The lowest BCUT2D eigenvalue weighted by Gasteiger charge is -2.03. The molecule has 0 spiro atoms. The number of nitrogens with two attached hydrogens (primary N) is 1. The van der Waals surface area contributed by atoms with E-state index in [2.05, 4.69) is 20.3 Å². The molecule has 1 aromatic heterocycles. The molecule has 0 aliphatic carbocycles. The number of nitrogens with zero attached hydrogens (tertiary/aromatic N) is 1. The van der Waals surface area contributed by atoms with E-state index < -0.39 is 5.97 Å². The molecule has 17 heavy (non-hydrogen) atoms. The minimum absolute atomic E-state index is 0.160. The Morgan fingerprint density at radius 2 is 2.35 bits per heavy atom. The molecule has 0 bridgehead atoms. The third-order valence-electron chi connectivity index (χ3n) is 2.21. The molecule has 2 aromatic rings. The number of aromatic nitrogens is 2. The Labute approximate surface area is 102 Å². The summed E-state index contributed by atoms with van der Waals surface area (Å²) in [5, 5.41) is 10.2. The number of aromatic amines is 1. The number of fused-ring (bicyclic) bond motifs is 1. The van der Waals surface area contributed by atoms with Gasteiger partial charge < -0.3 is 15.8 Å². The van der Waals surface area contributed by atoms with Crippen molar-refractivity contribution in [1.29, 1.82) is 0 Å². The van der Waals surface area contributed by atoms with E-state index in [0.717, 1.165) is 5.52 Å². The second-order valence-corrected chi connectivity index (χ2v) is 3.75. The average molecular weight is 250 g/mol. The van der Waals surface area contributed by atoms with Gasteiger partial charge in [-0.2, -0.15) is 5.10 Å². The summed E-state index contributed by atoms with van der Waals surface area (Å²) in [4.78, 5) is 11.4. The van der Waals surface area contributed by atoms with Crippen molar-refractivity contribution in [3.8, 4) is 0 Å². The second-order valence-electron chi connectivity index (χ2n) is 3.31. The highest BCUT2D eigenvalue weighted by atomic mass is 32.1. The van der Waals surface area contributed by atoms with E-state index in [1.807, 2.05) is 0 Å². The molecule has 2 rings (SSSR count). The molecule has 0 saturated carbocycles. The topological polar surface area (TPSA) is 93.0 Å².